The molecule has 52 heavy (non-hydrogen) atoms. The summed E-state index contributed by atoms with van der Waals surface area (Å²) in [6, 6.07) is 7.83. The number of rotatable bonds is 25. The topological polar surface area (TPSA) is 207 Å². The van der Waals surface area contributed by atoms with Gasteiger partial charge in [0.1, 0.15) is 24.5 Å². The fourth-order valence-electron chi connectivity index (χ4n) is 5.87. The molecule has 1 aliphatic heterocycles. The number of benzene rings is 1. The van der Waals surface area contributed by atoms with Crippen molar-refractivity contribution in [1.82, 2.24) is 19.7 Å². The lowest BCUT2D eigenvalue weighted by Crippen LogP contribution is -2.52. The van der Waals surface area contributed by atoms with Gasteiger partial charge in [0.2, 0.25) is 0 Å². The van der Waals surface area contributed by atoms with Crippen molar-refractivity contribution in [3.8, 4) is 0 Å². The van der Waals surface area contributed by atoms with Crippen molar-refractivity contribution < 1.29 is 58.4 Å². The Morgan fingerprint density at radius 3 is 1.98 bits per heavy atom. The zero-order chi connectivity index (χ0) is 37.1. The van der Waals surface area contributed by atoms with E-state index in [-0.39, 0.29) is 50.1 Å². The van der Waals surface area contributed by atoms with Crippen molar-refractivity contribution in [1.29, 1.82) is 0 Å². The third kappa shape index (κ3) is 12.1. The summed E-state index contributed by atoms with van der Waals surface area (Å²) in [5.41, 5.74) is 4.78. The van der Waals surface area contributed by atoms with E-state index in [1.165, 1.54) is 12.2 Å². The second kappa shape index (κ2) is 23.0. The maximum absolute atomic E-state index is 11.8. The number of hydrogen-bond donors (Lipinski definition) is 7. The molecule has 1 saturated carbocycles. The first kappa shape index (κ1) is 41.9. The first-order valence-corrected chi connectivity index (χ1v) is 18.2. The highest BCUT2D eigenvalue weighted by atomic mass is 32.2. The number of anilines is 1. The summed E-state index contributed by atoms with van der Waals surface area (Å²) in [6.45, 7) is 4.06. The summed E-state index contributed by atoms with van der Waals surface area (Å²) in [5, 5.41) is 46.5. The van der Waals surface area contributed by atoms with Crippen molar-refractivity contribution in [3.05, 3.63) is 77.4 Å². The number of carbonyl (C=O) groups is 2. The van der Waals surface area contributed by atoms with E-state index in [0.29, 0.717) is 52.4 Å². The van der Waals surface area contributed by atoms with E-state index in [1.807, 2.05) is 53.5 Å². The van der Waals surface area contributed by atoms with Gasteiger partial charge in [0.05, 0.1) is 46.1 Å². The number of aliphatic hydroxyl groups excluding tert-OH is 2. The molecule has 0 bridgehead atoms. The van der Waals surface area contributed by atoms with Crippen LogP contribution in [0.5, 0.6) is 0 Å². The van der Waals surface area contributed by atoms with Gasteiger partial charge in [0.15, 0.2) is 18.8 Å². The number of imide groups is 1. The number of hydrogen-bond acceptors (Lipinski definition) is 18. The molecule has 0 spiro atoms. The lowest BCUT2D eigenvalue weighted by atomic mass is 9.68. The van der Waals surface area contributed by atoms with E-state index in [4.69, 9.17) is 27.5 Å². The second-order valence-electron chi connectivity index (χ2n) is 11.3. The summed E-state index contributed by atoms with van der Waals surface area (Å²) in [7, 11) is 0. The molecule has 0 saturated heterocycles. The van der Waals surface area contributed by atoms with E-state index < -0.39 is 0 Å². The van der Waals surface area contributed by atoms with Gasteiger partial charge in [-0.05, 0) is 41.0 Å². The van der Waals surface area contributed by atoms with Gasteiger partial charge in [0, 0.05) is 66.5 Å². The highest BCUT2D eigenvalue weighted by molar-refractivity contribution is 7.92. The largest absolute Gasteiger partial charge is 0.395 e. The zero-order valence-corrected chi connectivity index (χ0v) is 30.6. The third-order valence-electron chi connectivity index (χ3n) is 8.28. The number of thiocarbonyl (C=S) groups is 1. The van der Waals surface area contributed by atoms with Gasteiger partial charge < -0.3 is 25.2 Å². The van der Waals surface area contributed by atoms with Crippen molar-refractivity contribution in [3.63, 3.8) is 0 Å². The Kier molecular flexibility index (Phi) is 18.5. The van der Waals surface area contributed by atoms with Crippen LogP contribution in [0.25, 0.3) is 0 Å². The van der Waals surface area contributed by atoms with Crippen LogP contribution in [0.2, 0.25) is 0 Å². The Morgan fingerprint density at radius 2 is 1.42 bits per heavy atom. The van der Waals surface area contributed by atoms with E-state index >= 15 is 0 Å². The van der Waals surface area contributed by atoms with Crippen molar-refractivity contribution in [2.45, 2.75) is 12.0 Å². The van der Waals surface area contributed by atoms with Crippen molar-refractivity contribution in [2.24, 2.45) is 0 Å². The number of carbonyl (C=O) groups excluding carboxylic acids is 2. The summed E-state index contributed by atoms with van der Waals surface area (Å²) in [6.07, 6.45) is 10.5. The maximum Gasteiger partial charge on any atom is 0.253 e. The van der Waals surface area contributed by atoms with E-state index in [0.717, 1.165) is 62.3 Å². The number of nitrogens with zero attached hydrogens (tertiary/aromatic N) is 3. The Morgan fingerprint density at radius 1 is 0.827 bits per heavy atom. The SMILES string of the molecule is O=C1C=CC(=O)N1CCOCCNC1C(=C2C=CC(=[N+](CCNSOOO)CCNSOOO)C=C2)C(=S)C1c1ccc(N(CCO)CCO)cc1. The third-order valence-corrected chi connectivity index (χ3v) is 9.65. The van der Waals surface area contributed by atoms with Gasteiger partial charge >= 0.3 is 0 Å². The molecule has 1 heterocycles. The van der Waals surface area contributed by atoms with Crippen LogP contribution in [0, 0.1) is 0 Å². The standard InChI is InChI=1S/C32H42N6O11S3/c39-19-16-37(17-20-40)26-7-3-24(4-8-26)30-31(33-13-21-45-22-18-38-27(41)9-10-28(38)42)29(32(30)50)23-1-5-25(6-2-23)36(14-11-34-51-48-46-43)15-12-35-52-49-47-44/h1-10,30-31,33-35,39-40H,11-22H2,(H-,43,44)/p+1. The molecule has 0 radical (unpaired) electrons. The molecule has 2 atom stereocenters. The predicted octanol–water partition coefficient (Wildman–Crippen LogP) is 0.869. The van der Waals surface area contributed by atoms with Crippen molar-refractivity contribution >= 4 is 64.8 Å². The van der Waals surface area contributed by atoms with Gasteiger partial charge in [-0.2, -0.15) is 0 Å². The van der Waals surface area contributed by atoms with Gasteiger partial charge in [-0.15, -0.1) is 8.67 Å². The lowest BCUT2D eigenvalue weighted by Gasteiger charge is -2.43. The molecule has 284 valence electrons. The van der Waals surface area contributed by atoms with Gasteiger partial charge in [-0.1, -0.05) is 34.4 Å². The number of ether oxygens (including phenoxy) is 1. The number of amides is 2. The van der Waals surface area contributed by atoms with Crippen LogP contribution in [0.15, 0.2) is 71.9 Å². The minimum Gasteiger partial charge on any atom is -0.395 e. The van der Waals surface area contributed by atoms with Crippen LogP contribution in [-0.2, 0) is 33.1 Å². The fourth-order valence-corrected chi connectivity index (χ4v) is 6.90. The first-order chi connectivity index (χ1) is 25.4. The quantitative estimate of drug-likeness (QED) is 0.00846. The fraction of sp³-hybridized carbons (Fsp3) is 0.438. The molecule has 0 aromatic heterocycles. The molecule has 2 amide bonds. The Hall–Kier alpha value is -2.90. The molecule has 2 aliphatic carbocycles. The van der Waals surface area contributed by atoms with Crippen LogP contribution in [0.1, 0.15) is 11.5 Å². The molecule has 1 aromatic rings. The molecular weight excluding hydrogens is 741 g/mol. The van der Waals surface area contributed by atoms with E-state index in [2.05, 4.69) is 38.1 Å². The number of aliphatic hydroxyl groups is 2. The highest BCUT2D eigenvalue weighted by Crippen LogP contribution is 2.42. The Labute approximate surface area is 314 Å². The first-order valence-electron chi connectivity index (χ1n) is 16.3. The van der Waals surface area contributed by atoms with Gasteiger partial charge in [-0.25, -0.2) is 24.5 Å². The van der Waals surface area contributed by atoms with Gasteiger partial charge in [0.25, 0.3) is 11.8 Å². The van der Waals surface area contributed by atoms with Crippen LogP contribution < -0.4 is 19.7 Å². The zero-order valence-electron chi connectivity index (χ0n) is 28.1. The summed E-state index contributed by atoms with van der Waals surface area (Å²) < 4.78 is 22.4. The number of nitrogens with one attached hydrogen (secondary N) is 3. The molecule has 3 aliphatic rings. The summed E-state index contributed by atoms with van der Waals surface area (Å²) in [5.74, 6) is -0.790. The summed E-state index contributed by atoms with van der Waals surface area (Å²) >= 11 is 7.52. The number of allylic oxidation sites excluding steroid dienone is 5. The molecule has 20 heteroatoms. The normalized spacial score (nSPS) is 18.3. The average Bonchev–Trinajstić information content (AvgIpc) is 3.47. The lowest BCUT2D eigenvalue weighted by molar-refractivity contribution is -0.522. The smallest absolute Gasteiger partial charge is 0.253 e. The second-order valence-corrected chi connectivity index (χ2v) is 12.9. The van der Waals surface area contributed by atoms with Crippen LogP contribution in [0.4, 0.5) is 5.69 Å². The predicted molar refractivity (Wildman–Crippen MR) is 198 cm³/mol. The van der Waals surface area contributed by atoms with Gasteiger partial charge in [-0.3, -0.25) is 14.5 Å². The Bertz CT molecular complexity index is 1450. The van der Waals surface area contributed by atoms with Crippen molar-refractivity contribution in [2.75, 3.05) is 83.7 Å². The van der Waals surface area contributed by atoms with Crippen LogP contribution >= 0.6 is 36.7 Å². The molecule has 4 rings (SSSR count). The average molecular weight is 784 g/mol. The maximum atomic E-state index is 11.8. The van der Waals surface area contributed by atoms with Crippen LogP contribution in [0.3, 0.4) is 0 Å². The van der Waals surface area contributed by atoms with E-state index in [1.54, 1.807) is 0 Å². The Balaban J connectivity index is 1.48. The summed E-state index contributed by atoms with van der Waals surface area (Å²) in [4.78, 5) is 27.5. The molecule has 7 N–H and O–H groups in total. The highest BCUT2D eigenvalue weighted by Gasteiger charge is 2.43. The monoisotopic (exact) mass is 783 g/mol. The molecule has 2 unspecified atom stereocenters. The molecule has 1 aromatic carbocycles. The molecule has 1 fully saturated rings. The molecule has 17 nitrogen and oxygen atoms in total. The minimum absolute atomic E-state index is 0.0329. The van der Waals surface area contributed by atoms with E-state index in [9.17, 15) is 19.8 Å². The minimum atomic E-state index is -0.343. The molecular formula is C32H43N6O11S3+. The van der Waals surface area contributed by atoms with Crippen LogP contribution in [-0.4, -0.2) is 137 Å².